The largest absolute Gasteiger partial charge is 0.384 e. The minimum Gasteiger partial charge on any atom is -0.384 e. The van der Waals surface area contributed by atoms with E-state index in [1.165, 1.54) is 11.3 Å². The lowest BCUT2D eigenvalue weighted by molar-refractivity contribution is 1.32. The summed E-state index contributed by atoms with van der Waals surface area (Å²) in [5.74, 6) is 0.485. The quantitative estimate of drug-likeness (QED) is 0.573. The summed E-state index contributed by atoms with van der Waals surface area (Å²) in [6.07, 6.45) is 0. The van der Waals surface area contributed by atoms with Gasteiger partial charge in [-0.05, 0) is 6.07 Å². The molecule has 0 aliphatic heterocycles. The van der Waals surface area contributed by atoms with Crippen molar-refractivity contribution in [3.63, 3.8) is 0 Å². The van der Waals surface area contributed by atoms with Crippen molar-refractivity contribution in [1.29, 1.82) is 0 Å². The molecule has 0 aliphatic rings. The van der Waals surface area contributed by atoms with Gasteiger partial charge in [0.05, 0.1) is 5.69 Å². The average Bonchev–Trinajstić information content (AvgIpc) is 2.85. The van der Waals surface area contributed by atoms with E-state index in [1.807, 2.05) is 29.6 Å². The third kappa shape index (κ3) is 3.08. The van der Waals surface area contributed by atoms with E-state index in [1.54, 1.807) is 7.05 Å². The van der Waals surface area contributed by atoms with E-state index in [0.717, 1.165) is 16.8 Å². The zero-order valence-electron chi connectivity index (χ0n) is 10.4. The molecule has 6 nitrogen and oxygen atoms in total. The minimum absolute atomic E-state index is 0.00277. The first-order valence-corrected chi connectivity index (χ1v) is 6.36. The van der Waals surface area contributed by atoms with Gasteiger partial charge in [-0.1, -0.05) is 18.2 Å². The van der Waals surface area contributed by atoms with Crippen molar-refractivity contribution in [1.82, 2.24) is 4.98 Å². The maximum atomic E-state index is 5.79. The van der Waals surface area contributed by atoms with E-state index in [9.17, 15) is 0 Å². The monoisotopic (exact) mass is 274 g/mol. The zero-order valence-corrected chi connectivity index (χ0v) is 11.2. The van der Waals surface area contributed by atoms with Crippen LogP contribution in [0.5, 0.6) is 0 Å². The van der Waals surface area contributed by atoms with Gasteiger partial charge in [0, 0.05) is 23.6 Å². The summed E-state index contributed by atoms with van der Waals surface area (Å²) in [6.45, 7) is 0. The van der Waals surface area contributed by atoms with Crippen molar-refractivity contribution in [2.24, 2.45) is 27.2 Å². The van der Waals surface area contributed by atoms with Crippen LogP contribution < -0.4 is 17.2 Å². The van der Waals surface area contributed by atoms with E-state index in [4.69, 9.17) is 17.2 Å². The van der Waals surface area contributed by atoms with Gasteiger partial charge in [0.2, 0.25) is 5.13 Å². The fourth-order valence-electron chi connectivity index (χ4n) is 1.53. The van der Waals surface area contributed by atoms with Crippen LogP contribution in [0, 0.1) is 0 Å². The summed E-state index contributed by atoms with van der Waals surface area (Å²) in [7, 11) is 1.65. The standard InChI is InChI=1S/C12H14N6S/c1-16-10(13)8-4-2-3-7(5-8)9-6-19-12(17-9)18-11(14)15/h2-6H,1H3,(H2,13,16)(H4,14,15,17,18). The second-order valence-electron chi connectivity index (χ2n) is 3.74. The Morgan fingerprint density at radius 1 is 1.26 bits per heavy atom. The van der Waals surface area contributed by atoms with Crippen LogP contribution in [-0.4, -0.2) is 23.8 Å². The molecule has 98 valence electrons. The van der Waals surface area contributed by atoms with Crippen molar-refractivity contribution in [2.75, 3.05) is 7.05 Å². The van der Waals surface area contributed by atoms with Gasteiger partial charge < -0.3 is 17.2 Å². The van der Waals surface area contributed by atoms with Crippen molar-refractivity contribution < 1.29 is 0 Å². The molecule has 0 unspecified atom stereocenters. The van der Waals surface area contributed by atoms with Gasteiger partial charge in [-0.25, -0.2) is 4.98 Å². The number of hydrogen-bond acceptors (Lipinski definition) is 4. The predicted molar refractivity (Wildman–Crippen MR) is 79.7 cm³/mol. The van der Waals surface area contributed by atoms with Gasteiger partial charge in [-0.3, -0.25) is 4.99 Å². The maximum absolute atomic E-state index is 5.79. The molecule has 0 fully saturated rings. The molecule has 1 aromatic carbocycles. The van der Waals surface area contributed by atoms with E-state index < -0.39 is 0 Å². The third-order valence-corrected chi connectivity index (χ3v) is 3.15. The molecule has 19 heavy (non-hydrogen) atoms. The number of amidine groups is 1. The second-order valence-corrected chi connectivity index (χ2v) is 4.58. The van der Waals surface area contributed by atoms with Crippen molar-refractivity contribution >= 4 is 28.3 Å². The van der Waals surface area contributed by atoms with Gasteiger partial charge in [0.15, 0.2) is 5.96 Å². The Hall–Kier alpha value is -2.41. The van der Waals surface area contributed by atoms with Gasteiger partial charge >= 0.3 is 0 Å². The number of guanidine groups is 1. The van der Waals surface area contributed by atoms with E-state index in [0.29, 0.717) is 11.0 Å². The molecule has 0 bridgehead atoms. The molecule has 1 heterocycles. The Labute approximate surface area is 114 Å². The molecule has 0 spiro atoms. The van der Waals surface area contributed by atoms with Crippen molar-refractivity contribution in [3.8, 4) is 11.3 Å². The molecular weight excluding hydrogens is 260 g/mol. The van der Waals surface area contributed by atoms with Crippen LogP contribution in [-0.2, 0) is 0 Å². The smallest absolute Gasteiger partial charge is 0.212 e. The van der Waals surface area contributed by atoms with Crippen LogP contribution in [0.3, 0.4) is 0 Å². The lowest BCUT2D eigenvalue weighted by atomic mass is 10.1. The summed E-state index contributed by atoms with van der Waals surface area (Å²) in [5.41, 5.74) is 19.0. The highest BCUT2D eigenvalue weighted by atomic mass is 32.1. The van der Waals surface area contributed by atoms with E-state index >= 15 is 0 Å². The third-order valence-electron chi connectivity index (χ3n) is 2.41. The molecular formula is C12H14N6S. The van der Waals surface area contributed by atoms with Gasteiger partial charge in [0.1, 0.15) is 5.84 Å². The van der Waals surface area contributed by atoms with E-state index in [2.05, 4.69) is 15.0 Å². The molecule has 2 rings (SSSR count). The van der Waals surface area contributed by atoms with Crippen LogP contribution in [0.1, 0.15) is 5.56 Å². The Morgan fingerprint density at radius 2 is 2.05 bits per heavy atom. The summed E-state index contributed by atoms with van der Waals surface area (Å²) in [4.78, 5) is 12.2. The number of hydrogen-bond donors (Lipinski definition) is 3. The Morgan fingerprint density at radius 3 is 2.74 bits per heavy atom. The van der Waals surface area contributed by atoms with E-state index in [-0.39, 0.29) is 5.96 Å². The van der Waals surface area contributed by atoms with Gasteiger partial charge in [0.25, 0.3) is 0 Å². The molecule has 0 saturated heterocycles. The Balaban J connectivity index is 2.37. The molecule has 7 heteroatoms. The SMILES string of the molecule is CN=C(N)c1cccc(-c2csc(N=C(N)N)n2)c1. The van der Waals surface area contributed by atoms with Crippen LogP contribution >= 0.6 is 11.3 Å². The predicted octanol–water partition coefficient (Wildman–Crippen LogP) is 1.05. The summed E-state index contributed by atoms with van der Waals surface area (Å²) in [6, 6.07) is 7.68. The summed E-state index contributed by atoms with van der Waals surface area (Å²) >= 11 is 1.37. The van der Waals surface area contributed by atoms with Crippen LogP contribution in [0.4, 0.5) is 5.13 Å². The molecule has 0 radical (unpaired) electrons. The number of benzene rings is 1. The molecule has 0 amide bonds. The minimum atomic E-state index is -0.00277. The van der Waals surface area contributed by atoms with Gasteiger partial charge in [-0.2, -0.15) is 4.99 Å². The highest BCUT2D eigenvalue weighted by Gasteiger charge is 2.06. The first-order chi connectivity index (χ1) is 9.10. The highest BCUT2D eigenvalue weighted by molar-refractivity contribution is 7.13. The van der Waals surface area contributed by atoms with Crippen LogP contribution in [0.15, 0.2) is 39.6 Å². The number of nitrogens with two attached hydrogens (primary N) is 3. The fourth-order valence-corrected chi connectivity index (χ4v) is 2.24. The molecule has 6 N–H and O–H groups in total. The lowest BCUT2D eigenvalue weighted by Crippen LogP contribution is -2.21. The van der Waals surface area contributed by atoms with Crippen LogP contribution in [0.2, 0.25) is 0 Å². The normalized spacial score (nSPS) is 11.3. The van der Waals surface area contributed by atoms with Crippen LogP contribution in [0.25, 0.3) is 11.3 Å². The number of nitrogens with zero attached hydrogens (tertiary/aromatic N) is 3. The Bertz CT molecular complexity index is 639. The molecule has 0 saturated carbocycles. The molecule has 0 atom stereocenters. The molecule has 0 aliphatic carbocycles. The van der Waals surface area contributed by atoms with Crippen molar-refractivity contribution in [2.45, 2.75) is 0 Å². The Kier molecular flexibility index (Phi) is 3.76. The zero-order chi connectivity index (χ0) is 13.8. The first kappa shape index (κ1) is 13.0. The lowest BCUT2D eigenvalue weighted by Gasteiger charge is -2.02. The van der Waals surface area contributed by atoms with Gasteiger partial charge in [-0.15, -0.1) is 11.3 Å². The molecule has 2 aromatic rings. The number of aromatic nitrogens is 1. The summed E-state index contributed by atoms with van der Waals surface area (Å²) < 4.78 is 0. The van der Waals surface area contributed by atoms with Crippen molar-refractivity contribution in [3.05, 3.63) is 35.2 Å². The number of aliphatic imine (C=N–C) groups is 2. The second kappa shape index (κ2) is 5.49. The number of rotatable bonds is 3. The number of thiazole rings is 1. The fraction of sp³-hybridized carbons (Fsp3) is 0.0833. The topological polar surface area (TPSA) is 116 Å². The molecule has 1 aromatic heterocycles. The highest BCUT2D eigenvalue weighted by Crippen LogP contribution is 2.27. The maximum Gasteiger partial charge on any atom is 0.212 e. The summed E-state index contributed by atoms with van der Waals surface area (Å²) in [5, 5.41) is 2.41. The first-order valence-electron chi connectivity index (χ1n) is 5.48. The average molecular weight is 274 g/mol.